The number of hydrogen-bond donors (Lipinski definition) is 3. The predicted octanol–water partition coefficient (Wildman–Crippen LogP) is 3.43. The number of ether oxygens (including phenoxy) is 1. The first kappa shape index (κ1) is 26.3. The summed E-state index contributed by atoms with van der Waals surface area (Å²) in [5.41, 5.74) is 11.1. The van der Waals surface area contributed by atoms with Crippen LogP contribution in [0.4, 0.5) is 0 Å². The van der Waals surface area contributed by atoms with Gasteiger partial charge in [0.1, 0.15) is 10.8 Å². The molecule has 1 atom stereocenters. The summed E-state index contributed by atoms with van der Waals surface area (Å²) in [7, 11) is -2.62. The Morgan fingerprint density at radius 1 is 1.14 bits per heavy atom. The number of thiocarbonyl (C=S) groups is 1. The molecule has 8 nitrogen and oxygen atoms in total. The van der Waals surface area contributed by atoms with Crippen LogP contribution in [0.2, 0.25) is 0 Å². The van der Waals surface area contributed by atoms with Gasteiger partial charge in [-0.3, -0.25) is 0 Å². The topological polar surface area (TPSA) is 108 Å². The van der Waals surface area contributed by atoms with Crippen LogP contribution in [0.15, 0.2) is 64.7 Å². The Bertz CT molecular complexity index is 1300. The first-order chi connectivity index (χ1) is 17.2. The third kappa shape index (κ3) is 5.48. The van der Waals surface area contributed by atoms with Gasteiger partial charge in [0.2, 0.25) is 14.7 Å². The largest absolute Gasteiger partial charge is 0.500 e. The zero-order valence-electron chi connectivity index (χ0n) is 19.8. The highest BCUT2D eigenvalue weighted by Gasteiger charge is 2.45. The molecule has 2 heterocycles. The lowest BCUT2D eigenvalue weighted by Gasteiger charge is -2.25. The van der Waals surface area contributed by atoms with Crippen LogP contribution in [0, 0.1) is 11.8 Å². The van der Waals surface area contributed by atoms with E-state index in [1.165, 1.54) is 25.0 Å². The second-order valence-electron chi connectivity index (χ2n) is 8.42. The first-order valence-corrected chi connectivity index (χ1v) is 14.0. The van der Waals surface area contributed by atoms with E-state index >= 15 is 0 Å². The number of hydrazine groups is 1. The maximum absolute atomic E-state index is 13.4. The molecule has 0 aromatic heterocycles. The molecule has 190 valence electrons. The van der Waals surface area contributed by atoms with Crippen molar-refractivity contribution in [2.45, 2.75) is 29.0 Å². The number of likely N-dealkylation sites (tertiary alicyclic amines) is 1. The number of rotatable bonds is 8. The average Bonchev–Trinajstić information content (AvgIpc) is 3.59. The van der Waals surface area contributed by atoms with Gasteiger partial charge in [-0.1, -0.05) is 36.1 Å². The molecule has 36 heavy (non-hydrogen) atoms. The third-order valence-electron chi connectivity index (χ3n) is 6.08. The lowest BCUT2D eigenvalue weighted by Crippen LogP contribution is -2.53. The number of nitrogens with one attached hydrogen (secondary N) is 1. The van der Waals surface area contributed by atoms with E-state index in [1.54, 1.807) is 31.2 Å². The Kier molecular flexibility index (Phi) is 8.12. The molecule has 4 rings (SSSR count). The zero-order valence-corrected chi connectivity index (χ0v) is 22.3. The molecule has 2 aliphatic rings. The van der Waals surface area contributed by atoms with Crippen molar-refractivity contribution in [2.75, 3.05) is 26.7 Å². The molecular weight excluding hydrogens is 517 g/mol. The summed E-state index contributed by atoms with van der Waals surface area (Å²) in [6, 6.07) is 13.7. The number of benzene rings is 2. The summed E-state index contributed by atoms with van der Waals surface area (Å²) in [6.07, 6.45) is 3.98. The Labute approximate surface area is 221 Å². The van der Waals surface area contributed by atoms with Gasteiger partial charge in [0.25, 0.3) is 0 Å². The molecule has 4 N–H and O–H groups in total. The second kappa shape index (κ2) is 11.1. The molecule has 2 aliphatic heterocycles. The van der Waals surface area contributed by atoms with Gasteiger partial charge < -0.3 is 25.9 Å². The fraction of sp³-hybridized carbons (Fsp3) is 0.320. The highest BCUT2D eigenvalue weighted by Crippen LogP contribution is 2.31. The average molecular weight is 545 g/mol. The van der Waals surface area contributed by atoms with Gasteiger partial charge in [-0.25, -0.2) is 8.42 Å². The normalized spacial score (nSPS) is 17.5. The van der Waals surface area contributed by atoms with Gasteiger partial charge in [-0.15, -0.1) is 4.41 Å². The van der Waals surface area contributed by atoms with Gasteiger partial charge in [-0.2, -0.15) is 0 Å². The van der Waals surface area contributed by atoms with Gasteiger partial charge >= 0.3 is 0 Å². The van der Waals surface area contributed by atoms with E-state index in [4.69, 9.17) is 22.7 Å². The molecule has 1 saturated heterocycles. The predicted molar refractivity (Wildman–Crippen MR) is 146 cm³/mol. The summed E-state index contributed by atoms with van der Waals surface area (Å²) < 4.78 is 33.8. The third-order valence-corrected chi connectivity index (χ3v) is 9.78. The van der Waals surface area contributed by atoms with Gasteiger partial charge in [0.05, 0.1) is 25.0 Å². The number of aliphatic hydroxyl groups is 1. The monoisotopic (exact) mass is 544 g/mol. The minimum atomic E-state index is -4.22. The molecule has 2 aromatic rings. The molecule has 0 radical (unpaired) electrons. The van der Waals surface area contributed by atoms with Crippen LogP contribution in [0.5, 0.6) is 5.75 Å². The van der Waals surface area contributed by atoms with Crippen molar-refractivity contribution in [3.63, 3.8) is 0 Å². The van der Waals surface area contributed by atoms with Crippen LogP contribution in [0.25, 0.3) is 11.1 Å². The molecule has 0 bridgehead atoms. The molecule has 0 saturated carbocycles. The minimum absolute atomic E-state index is 0.0447. The van der Waals surface area contributed by atoms with Crippen molar-refractivity contribution in [1.82, 2.24) is 14.7 Å². The van der Waals surface area contributed by atoms with Gasteiger partial charge in [0.15, 0.2) is 5.05 Å². The summed E-state index contributed by atoms with van der Waals surface area (Å²) >= 11 is 6.42. The maximum atomic E-state index is 13.4. The van der Waals surface area contributed by atoms with Crippen molar-refractivity contribution < 1.29 is 18.3 Å². The van der Waals surface area contributed by atoms with Crippen LogP contribution in [0.1, 0.15) is 19.3 Å². The van der Waals surface area contributed by atoms with Crippen molar-refractivity contribution in [1.29, 1.82) is 0 Å². The van der Waals surface area contributed by atoms with Gasteiger partial charge in [0, 0.05) is 19.3 Å². The van der Waals surface area contributed by atoms with Crippen molar-refractivity contribution in [3.05, 3.63) is 59.8 Å². The van der Waals surface area contributed by atoms with Crippen LogP contribution in [0.3, 0.4) is 0 Å². The van der Waals surface area contributed by atoms with Crippen LogP contribution in [-0.2, 0) is 9.84 Å². The first-order valence-electron chi connectivity index (χ1n) is 11.4. The number of nitrogens with zero attached hydrogens (tertiary/aromatic N) is 2. The van der Waals surface area contributed by atoms with E-state index in [2.05, 4.69) is 22.2 Å². The van der Waals surface area contributed by atoms with Gasteiger partial charge in [-0.05, 0) is 72.4 Å². The van der Waals surface area contributed by atoms with Crippen molar-refractivity contribution >= 4 is 39.1 Å². The fourth-order valence-corrected chi connectivity index (χ4v) is 6.56. The molecule has 2 aromatic carbocycles. The summed E-state index contributed by atoms with van der Waals surface area (Å²) in [4.78, 5) is 0.0606. The SMILES string of the molecule is COc1ccc(-c2ccc(S(=O)(=O)C(N)(CC#CCN3NC=C(N4CCCC4)S3)C(O)=S)cc2)cc1. The molecule has 0 aliphatic carbocycles. The summed E-state index contributed by atoms with van der Waals surface area (Å²) in [5, 5.41) is 10.4. The smallest absolute Gasteiger partial charge is 0.206 e. The van der Waals surface area contributed by atoms with E-state index in [0.29, 0.717) is 6.54 Å². The van der Waals surface area contributed by atoms with E-state index in [9.17, 15) is 13.5 Å². The number of sulfone groups is 1. The van der Waals surface area contributed by atoms with E-state index in [-0.39, 0.29) is 11.3 Å². The summed E-state index contributed by atoms with van der Waals surface area (Å²) in [6.45, 7) is 2.43. The lowest BCUT2D eigenvalue weighted by atomic mass is 10.1. The fourth-order valence-electron chi connectivity index (χ4n) is 3.88. The maximum Gasteiger partial charge on any atom is 0.206 e. The van der Waals surface area contributed by atoms with Crippen LogP contribution in [-0.4, -0.2) is 59.5 Å². The number of hydrogen-bond acceptors (Lipinski definition) is 9. The molecule has 1 unspecified atom stereocenters. The number of methoxy groups -OCH3 is 1. The Morgan fingerprint density at radius 3 is 2.33 bits per heavy atom. The second-order valence-corrected chi connectivity index (χ2v) is 12.1. The molecule has 1 fully saturated rings. The quantitative estimate of drug-likeness (QED) is 0.260. The minimum Gasteiger partial charge on any atom is -0.500 e. The Hall–Kier alpha value is -2.75. The highest BCUT2D eigenvalue weighted by atomic mass is 32.2. The van der Waals surface area contributed by atoms with Crippen molar-refractivity contribution in [2.24, 2.45) is 5.73 Å². The van der Waals surface area contributed by atoms with Crippen molar-refractivity contribution in [3.8, 4) is 28.7 Å². The Morgan fingerprint density at radius 2 is 1.75 bits per heavy atom. The van der Waals surface area contributed by atoms with Crippen LogP contribution >= 0.6 is 24.2 Å². The van der Waals surface area contributed by atoms with E-state index in [1.807, 2.05) is 34.9 Å². The molecular formula is C25H28N4O4S3. The van der Waals surface area contributed by atoms with E-state index < -0.39 is 19.8 Å². The standard InChI is InChI=1S/C25H28N4O4S3/c1-33-21-10-6-19(7-11-21)20-8-12-22(13-9-20)36(31,32)25(26,24(30)34)14-2-3-17-29-27-18-23(35-29)28-15-4-5-16-28/h6-13,18,27H,4-5,14-17,26H2,1H3,(H,30,34). The summed E-state index contributed by atoms with van der Waals surface area (Å²) in [5.74, 6) is 6.45. The van der Waals surface area contributed by atoms with E-state index in [0.717, 1.165) is 35.0 Å². The molecule has 0 amide bonds. The van der Waals surface area contributed by atoms with Crippen LogP contribution < -0.4 is 15.9 Å². The Balaban J connectivity index is 1.43. The number of nitrogens with two attached hydrogens (primary N) is 1. The highest BCUT2D eigenvalue weighted by molar-refractivity contribution is 8.00. The zero-order chi connectivity index (χ0) is 25.8. The molecule has 0 spiro atoms. The lowest BCUT2D eigenvalue weighted by molar-refractivity contribution is 0.415. The number of aliphatic hydroxyl groups excluding tert-OH is 1. The molecule has 11 heteroatoms.